The van der Waals surface area contributed by atoms with Gasteiger partial charge in [-0.15, -0.1) is 0 Å². The third-order valence-electron chi connectivity index (χ3n) is 3.73. The van der Waals surface area contributed by atoms with Crippen LogP contribution in [0.4, 0.5) is 0 Å². The lowest BCUT2D eigenvalue weighted by Crippen LogP contribution is -2.29. The van der Waals surface area contributed by atoms with Gasteiger partial charge in [-0.05, 0) is 53.0 Å². The second kappa shape index (κ2) is 6.43. The molecule has 5 heteroatoms. The Morgan fingerprint density at radius 3 is 2.71 bits per heavy atom. The van der Waals surface area contributed by atoms with Gasteiger partial charge in [0.1, 0.15) is 5.49 Å². The summed E-state index contributed by atoms with van der Waals surface area (Å²) in [5.74, 6) is 0.106. The predicted octanol–water partition coefficient (Wildman–Crippen LogP) is 3.77. The minimum atomic E-state index is -0.198. The Balaban J connectivity index is 1.95. The van der Waals surface area contributed by atoms with E-state index in [-0.39, 0.29) is 5.91 Å². The fraction of sp³-hybridized carbons (Fsp3) is 0.375. The third-order valence-corrected chi connectivity index (χ3v) is 4.16. The lowest BCUT2D eigenvalue weighted by molar-refractivity contribution is 0.0925. The van der Waals surface area contributed by atoms with Crippen molar-refractivity contribution < 1.29 is 9.21 Å². The zero-order valence-corrected chi connectivity index (χ0v) is 13.3. The van der Waals surface area contributed by atoms with Gasteiger partial charge in [-0.1, -0.05) is 25.3 Å². The second-order valence-electron chi connectivity index (χ2n) is 5.26. The molecule has 110 valence electrons. The molecule has 0 aliphatic heterocycles. The lowest BCUT2D eigenvalue weighted by atomic mass is 9.96. The van der Waals surface area contributed by atoms with E-state index in [4.69, 9.17) is 9.41 Å². The highest BCUT2D eigenvalue weighted by atomic mass is 79.9. The lowest BCUT2D eigenvalue weighted by Gasteiger charge is -2.17. The van der Waals surface area contributed by atoms with Crippen molar-refractivity contribution in [3.05, 3.63) is 52.4 Å². The van der Waals surface area contributed by atoms with Gasteiger partial charge in [0, 0.05) is 6.20 Å². The van der Waals surface area contributed by atoms with Crippen molar-refractivity contribution in [3.63, 3.8) is 0 Å². The minimum absolute atomic E-state index is 0.198. The molecular formula is C16H17BrN2O2. The molecule has 0 N–H and O–H groups in total. The summed E-state index contributed by atoms with van der Waals surface area (Å²) >= 11 is 3.22. The molecule has 0 saturated heterocycles. The van der Waals surface area contributed by atoms with E-state index in [1.54, 1.807) is 22.9 Å². The summed E-state index contributed by atoms with van der Waals surface area (Å²) in [4.78, 5) is 17.3. The first-order valence-electron chi connectivity index (χ1n) is 7.25. The second-order valence-corrected chi connectivity index (χ2v) is 6.04. The average molecular weight is 349 g/mol. The highest BCUT2D eigenvalue weighted by Gasteiger charge is 2.15. The van der Waals surface area contributed by atoms with Crippen LogP contribution in [0, 0.1) is 0 Å². The number of aromatic nitrogens is 1. The monoisotopic (exact) mass is 348 g/mol. The zero-order valence-electron chi connectivity index (χ0n) is 11.7. The first-order chi connectivity index (χ1) is 10.2. The number of carbonyl (C=O) groups is 1. The van der Waals surface area contributed by atoms with Crippen LogP contribution in [-0.2, 0) is 0 Å². The van der Waals surface area contributed by atoms with Gasteiger partial charge >= 0.3 is 0 Å². The van der Waals surface area contributed by atoms with E-state index in [2.05, 4.69) is 15.9 Å². The molecule has 0 atom stereocenters. The molecule has 0 unspecified atom stereocenters. The van der Waals surface area contributed by atoms with Crippen molar-refractivity contribution in [3.8, 4) is 0 Å². The van der Waals surface area contributed by atoms with Gasteiger partial charge in [0.25, 0.3) is 5.91 Å². The Morgan fingerprint density at radius 2 is 2.00 bits per heavy atom. The first-order valence-corrected chi connectivity index (χ1v) is 8.05. The molecule has 0 bridgehead atoms. The summed E-state index contributed by atoms with van der Waals surface area (Å²) in [5.41, 5.74) is 0.696. The summed E-state index contributed by atoms with van der Waals surface area (Å²) in [6.07, 6.45) is 7.69. The van der Waals surface area contributed by atoms with Gasteiger partial charge < -0.3 is 4.42 Å². The van der Waals surface area contributed by atoms with Crippen molar-refractivity contribution in [2.75, 3.05) is 0 Å². The van der Waals surface area contributed by atoms with Crippen LogP contribution < -0.4 is 5.49 Å². The molecule has 1 fully saturated rings. The maximum atomic E-state index is 12.5. The Kier molecular flexibility index (Phi) is 4.39. The highest BCUT2D eigenvalue weighted by molar-refractivity contribution is 9.10. The molecule has 0 spiro atoms. The Bertz CT molecular complexity index is 696. The Labute approximate surface area is 131 Å². The predicted molar refractivity (Wildman–Crippen MR) is 83.0 cm³/mol. The van der Waals surface area contributed by atoms with Gasteiger partial charge in [0.05, 0.1) is 6.04 Å². The Morgan fingerprint density at radius 1 is 1.19 bits per heavy atom. The molecule has 3 rings (SSSR count). The van der Waals surface area contributed by atoms with Crippen molar-refractivity contribution in [1.29, 1.82) is 0 Å². The molecule has 4 nitrogen and oxygen atoms in total. The van der Waals surface area contributed by atoms with Crippen LogP contribution in [0.3, 0.4) is 0 Å². The number of hydrogen-bond acceptors (Lipinski definition) is 3. The molecule has 2 aromatic rings. The topological polar surface area (TPSA) is 47.5 Å². The van der Waals surface area contributed by atoms with Crippen molar-refractivity contribution in [1.82, 2.24) is 4.57 Å². The number of pyridine rings is 1. The van der Waals surface area contributed by atoms with E-state index in [1.165, 1.54) is 19.3 Å². The van der Waals surface area contributed by atoms with Gasteiger partial charge in [-0.2, -0.15) is 0 Å². The summed E-state index contributed by atoms with van der Waals surface area (Å²) in [7, 11) is 0. The van der Waals surface area contributed by atoms with Crippen LogP contribution in [0.2, 0.25) is 0 Å². The summed E-state index contributed by atoms with van der Waals surface area (Å²) in [5, 5.41) is 0. The summed E-state index contributed by atoms with van der Waals surface area (Å²) in [6, 6.07) is 9.32. The van der Waals surface area contributed by atoms with Crippen LogP contribution in [0.5, 0.6) is 0 Å². The third kappa shape index (κ3) is 3.35. The minimum Gasteiger partial charge on any atom is -0.444 e. The van der Waals surface area contributed by atoms with Crippen molar-refractivity contribution in [2.24, 2.45) is 4.99 Å². The Hall–Kier alpha value is -1.62. The van der Waals surface area contributed by atoms with Crippen molar-refractivity contribution >= 4 is 21.8 Å². The van der Waals surface area contributed by atoms with E-state index >= 15 is 0 Å². The molecule has 0 radical (unpaired) electrons. The van der Waals surface area contributed by atoms with E-state index < -0.39 is 0 Å². The van der Waals surface area contributed by atoms with Crippen molar-refractivity contribution in [2.45, 2.75) is 38.1 Å². The largest absolute Gasteiger partial charge is 0.444 e. The van der Waals surface area contributed by atoms with E-state index in [9.17, 15) is 4.79 Å². The normalized spacial score (nSPS) is 17.1. The quantitative estimate of drug-likeness (QED) is 0.829. The summed E-state index contributed by atoms with van der Waals surface area (Å²) < 4.78 is 7.45. The number of nitrogens with zero attached hydrogens (tertiary/aromatic N) is 2. The van der Waals surface area contributed by atoms with Crippen LogP contribution in [0.1, 0.15) is 42.7 Å². The van der Waals surface area contributed by atoms with Crippen LogP contribution >= 0.6 is 15.9 Å². The highest BCUT2D eigenvalue weighted by Crippen LogP contribution is 2.19. The van der Waals surface area contributed by atoms with Gasteiger partial charge in [0.15, 0.2) is 10.4 Å². The number of halogens is 1. The number of furan rings is 1. The number of carbonyl (C=O) groups excluding carboxylic acids is 1. The maximum Gasteiger partial charge on any atom is 0.299 e. The molecule has 21 heavy (non-hydrogen) atoms. The van der Waals surface area contributed by atoms with Crippen LogP contribution in [0.15, 0.2) is 50.6 Å². The maximum absolute atomic E-state index is 12.5. The first kappa shape index (κ1) is 14.3. The number of rotatable bonds is 2. The van der Waals surface area contributed by atoms with Gasteiger partial charge in [-0.3, -0.25) is 14.4 Å². The molecule has 1 aliphatic rings. The average Bonchev–Trinajstić information content (AvgIpc) is 2.95. The fourth-order valence-electron chi connectivity index (χ4n) is 2.66. The van der Waals surface area contributed by atoms with E-state index in [0.717, 1.165) is 12.8 Å². The smallest absolute Gasteiger partial charge is 0.299 e. The fourth-order valence-corrected chi connectivity index (χ4v) is 2.96. The van der Waals surface area contributed by atoms with Crippen LogP contribution in [0.25, 0.3) is 0 Å². The molecule has 1 saturated carbocycles. The van der Waals surface area contributed by atoms with E-state index in [0.29, 0.717) is 22.0 Å². The molecule has 2 aromatic heterocycles. The van der Waals surface area contributed by atoms with Gasteiger partial charge in [-0.25, -0.2) is 0 Å². The molecule has 1 aliphatic carbocycles. The molecule has 0 aromatic carbocycles. The summed E-state index contributed by atoms with van der Waals surface area (Å²) in [6.45, 7) is 0. The SMILES string of the molecule is O=C(c1ccc(Br)o1)n1ccccc1=NC1CCCCC1. The molecule has 0 amide bonds. The van der Waals surface area contributed by atoms with Crippen LogP contribution in [-0.4, -0.2) is 16.5 Å². The van der Waals surface area contributed by atoms with Gasteiger partial charge in [0.2, 0.25) is 0 Å². The molecule has 2 heterocycles. The zero-order chi connectivity index (χ0) is 14.7. The van der Waals surface area contributed by atoms with E-state index in [1.807, 2.05) is 18.2 Å². The standard InChI is InChI=1S/C16H17BrN2O2/c17-14-10-9-13(21-14)16(20)19-11-5-4-8-15(19)18-12-6-2-1-3-7-12/h4-5,8-12H,1-3,6-7H2. The number of hydrogen-bond donors (Lipinski definition) is 0. The molecular weight excluding hydrogens is 332 g/mol.